The molecule has 0 bridgehead atoms. The van der Waals surface area contributed by atoms with Crippen LogP contribution in [0.2, 0.25) is 0 Å². The molecule has 2 aliphatic heterocycles. The van der Waals surface area contributed by atoms with Crippen LogP contribution in [-0.2, 0) is 16.2 Å². The van der Waals surface area contributed by atoms with Crippen LogP contribution in [0, 0.1) is 28.6 Å². The van der Waals surface area contributed by atoms with E-state index in [4.69, 9.17) is 0 Å². The Morgan fingerprint density at radius 1 is 0.324 bits per heavy atom. The Morgan fingerprint density at radius 2 is 0.724 bits per heavy atom. The van der Waals surface area contributed by atoms with Gasteiger partial charge in [0.2, 0.25) is 0 Å². The molecule has 105 heavy (non-hydrogen) atoms. The van der Waals surface area contributed by atoms with Crippen molar-refractivity contribution < 1.29 is 0 Å². The van der Waals surface area contributed by atoms with Crippen molar-refractivity contribution in [2.24, 2.45) is 28.6 Å². The second-order valence-electron chi connectivity index (χ2n) is 35.7. The van der Waals surface area contributed by atoms with Crippen LogP contribution in [0.25, 0.3) is 72.3 Å². The summed E-state index contributed by atoms with van der Waals surface area (Å²) in [6.07, 6.45) is 16.6. The summed E-state index contributed by atoms with van der Waals surface area (Å²) >= 11 is 0. The van der Waals surface area contributed by atoms with Crippen molar-refractivity contribution in [3.63, 3.8) is 0 Å². The van der Waals surface area contributed by atoms with E-state index in [1.54, 1.807) is 0 Å². The summed E-state index contributed by atoms with van der Waals surface area (Å²) in [4.78, 5) is 5.52. The zero-order valence-electron chi connectivity index (χ0n) is 64.0. The van der Waals surface area contributed by atoms with Gasteiger partial charge in [-0.1, -0.05) is 346 Å². The highest BCUT2D eigenvalue weighted by Gasteiger charge is 2.49. The fourth-order valence-corrected chi connectivity index (χ4v) is 17.7. The number of benzene rings is 11. The molecule has 2 heterocycles. The first-order valence-electron chi connectivity index (χ1n) is 38.3. The third-order valence-electron chi connectivity index (χ3n) is 23.6. The average molecular weight is 1360 g/mol. The van der Waals surface area contributed by atoms with Crippen molar-refractivity contribution in [1.82, 2.24) is 0 Å². The molecule has 0 radical (unpaired) electrons. The van der Waals surface area contributed by atoms with Gasteiger partial charge in [0.25, 0.3) is 6.71 Å². The third-order valence-corrected chi connectivity index (χ3v) is 23.6. The van der Waals surface area contributed by atoms with E-state index < -0.39 is 0 Å². The quantitative estimate of drug-likeness (QED) is 0.133. The van der Waals surface area contributed by atoms with E-state index in [1.807, 2.05) is 0 Å². The van der Waals surface area contributed by atoms with Crippen LogP contribution in [0.1, 0.15) is 133 Å². The molecule has 0 saturated heterocycles. The van der Waals surface area contributed by atoms with Gasteiger partial charge in [0.05, 0.1) is 11.4 Å². The molecule has 3 heteroatoms. The first kappa shape index (κ1) is 67.7. The maximum Gasteiger partial charge on any atom is 0.252 e. The highest BCUT2D eigenvalue weighted by Crippen LogP contribution is 2.60. The molecule has 17 rings (SSSR count). The normalized spacial score (nSPS) is 17.4. The van der Waals surface area contributed by atoms with Crippen LogP contribution < -0.4 is 26.2 Å². The number of rotatable bonds is 9. The Hall–Kier alpha value is -10.5. The number of anilines is 6. The minimum atomic E-state index is -0.211. The zero-order chi connectivity index (χ0) is 72.8. The summed E-state index contributed by atoms with van der Waals surface area (Å²) in [5, 5.41) is 0. The summed E-state index contributed by atoms with van der Waals surface area (Å²) in [6, 6.07) is 96.2. The van der Waals surface area contributed by atoms with Gasteiger partial charge in [-0.05, 0) is 199 Å². The van der Waals surface area contributed by atoms with Crippen molar-refractivity contribution in [2.75, 3.05) is 9.80 Å². The molecular weight excluding hydrogens is 1260 g/mol. The van der Waals surface area contributed by atoms with E-state index in [0.29, 0.717) is 11.8 Å². The lowest BCUT2D eigenvalue weighted by Gasteiger charge is -2.48. The average Bonchev–Trinajstić information content (AvgIpc) is 0.688. The van der Waals surface area contributed by atoms with Gasteiger partial charge in [0, 0.05) is 56.8 Å². The van der Waals surface area contributed by atoms with Gasteiger partial charge >= 0.3 is 0 Å². The van der Waals surface area contributed by atoms with Crippen molar-refractivity contribution in [3.8, 4) is 66.8 Å². The summed E-state index contributed by atoms with van der Waals surface area (Å²) in [5.74, 6) is 0.967. The lowest BCUT2D eigenvalue weighted by atomic mass is 9.33. The van der Waals surface area contributed by atoms with Crippen LogP contribution in [0.4, 0.5) is 34.1 Å². The molecule has 11 aromatic rings. The SMILES string of the molecule is CC(C)(C)C1=CC2=CC(c3ccc4c(c3)N(c3c(-c5ccccc5)cc(C(C)(C)C)cc3-c3ccccc3)c3cc(-c5ccc(C(C)(C)C)cc5)cc5c3B4c3ccc(-c4ccccc4)cc3N5c3c(-c4ccccc4)cc(C(C)(C)C)cc3-c3ccccc3)=C3C=C(C(C)(C)C)CC4C=CC(=C1)C2C34. The lowest BCUT2D eigenvalue weighted by Crippen LogP contribution is -2.61. The van der Waals surface area contributed by atoms with Crippen LogP contribution >= 0.6 is 0 Å². The zero-order valence-corrected chi connectivity index (χ0v) is 64.0. The summed E-state index contributed by atoms with van der Waals surface area (Å²) < 4.78 is 0. The minimum absolute atomic E-state index is 0.0103. The molecule has 11 aromatic carbocycles. The van der Waals surface area contributed by atoms with Crippen molar-refractivity contribution >= 4 is 62.8 Å². The molecule has 0 spiro atoms. The number of fused-ring (bicyclic) bond motifs is 4. The molecule has 0 amide bonds. The summed E-state index contributed by atoms with van der Waals surface area (Å²) in [5.41, 5.74) is 38.1. The predicted molar refractivity (Wildman–Crippen MR) is 452 cm³/mol. The van der Waals surface area contributed by atoms with Crippen LogP contribution in [-0.4, -0.2) is 6.71 Å². The highest BCUT2D eigenvalue weighted by atomic mass is 15.2. The van der Waals surface area contributed by atoms with E-state index in [-0.39, 0.29) is 39.7 Å². The second-order valence-corrected chi connectivity index (χ2v) is 35.7. The molecule has 2 nitrogen and oxygen atoms in total. The van der Waals surface area contributed by atoms with Gasteiger partial charge < -0.3 is 9.80 Å². The first-order valence-corrected chi connectivity index (χ1v) is 38.3. The molecule has 0 N–H and O–H groups in total. The maximum absolute atomic E-state index is 2.78. The van der Waals surface area contributed by atoms with Gasteiger partial charge in [-0.3, -0.25) is 0 Å². The molecule has 518 valence electrons. The topological polar surface area (TPSA) is 6.48 Å². The molecule has 0 aromatic heterocycles. The van der Waals surface area contributed by atoms with Gasteiger partial charge in [-0.25, -0.2) is 0 Å². The molecular formula is C102H97BN2. The number of hydrogen-bond acceptors (Lipinski definition) is 2. The molecule has 0 saturated carbocycles. The van der Waals surface area contributed by atoms with Gasteiger partial charge in [-0.15, -0.1) is 0 Å². The smallest absolute Gasteiger partial charge is 0.252 e. The molecule has 3 atom stereocenters. The Morgan fingerprint density at radius 3 is 1.15 bits per heavy atom. The standard InChI is InChI=1S/C102H97BN2/c1-98(2,3)76-47-43-65(44-48-76)74-57-91-95-92(58-74)105(97-84(68-37-27-19-28-38-68)61-80(102(13,14)15)62-85(97)69-39-29-20-30-40-69)90-56-71(81-54-75-53-77(99(4,5)6)51-72-41-42-73-52-78(100(7,8)9)63-86(81)94(73)93(72)75)46-50-88(90)103(95)87-49-45-70(64-31-21-16-22-32-64)55-89(87)104(91)96-82(66-33-23-17-24-34-66)59-79(101(10,11)12)60-83(96)67-35-25-18-26-36-67/h16-51,53-63,73,93-94H,52H2,1-15H3. The predicted octanol–water partition coefficient (Wildman–Crippen LogP) is 26.1. The molecule has 0 fully saturated rings. The third kappa shape index (κ3) is 11.9. The number of allylic oxidation sites excluding steroid dienone is 12. The number of hydrogen-bond donors (Lipinski definition) is 0. The van der Waals surface area contributed by atoms with Gasteiger partial charge in [0.15, 0.2) is 0 Å². The van der Waals surface area contributed by atoms with Crippen LogP contribution in [0.15, 0.2) is 313 Å². The second kappa shape index (κ2) is 25.1. The largest absolute Gasteiger partial charge is 0.310 e. The highest BCUT2D eigenvalue weighted by molar-refractivity contribution is 7.00. The van der Waals surface area contributed by atoms with E-state index in [1.165, 1.54) is 145 Å². The lowest BCUT2D eigenvalue weighted by molar-refractivity contribution is 0.329. The summed E-state index contributed by atoms with van der Waals surface area (Å²) in [7, 11) is 0. The van der Waals surface area contributed by atoms with E-state index in [9.17, 15) is 0 Å². The summed E-state index contributed by atoms with van der Waals surface area (Å²) in [6.45, 7) is 35.4. The Bertz CT molecular complexity index is 5370. The maximum atomic E-state index is 2.78. The molecule has 6 aliphatic rings. The van der Waals surface area contributed by atoms with E-state index in [2.05, 4.69) is 399 Å². The van der Waals surface area contributed by atoms with Crippen LogP contribution in [0.5, 0.6) is 0 Å². The monoisotopic (exact) mass is 1360 g/mol. The molecule has 3 unspecified atom stereocenters. The van der Waals surface area contributed by atoms with E-state index >= 15 is 0 Å². The molecule has 4 aliphatic carbocycles. The Kier molecular flexibility index (Phi) is 16.2. The van der Waals surface area contributed by atoms with Crippen molar-refractivity contribution in [3.05, 3.63) is 335 Å². The Labute approximate surface area is 625 Å². The van der Waals surface area contributed by atoms with Gasteiger partial charge in [-0.2, -0.15) is 0 Å². The van der Waals surface area contributed by atoms with Crippen LogP contribution in [0.3, 0.4) is 0 Å². The van der Waals surface area contributed by atoms with Crippen molar-refractivity contribution in [2.45, 2.75) is 127 Å². The van der Waals surface area contributed by atoms with Crippen molar-refractivity contribution in [1.29, 1.82) is 0 Å². The first-order chi connectivity index (χ1) is 50.2. The number of nitrogens with zero attached hydrogens (tertiary/aromatic N) is 2. The minimum Gasteiger partial charge on any atom is -0.310 e. The van der Waals surface area contributed by atoms with E-state index in [0.717, 1.165) is 34.7 Å². The Balaban J connectivity index is 1.06. The fraction of sp³-hybridized carbons (Fsp3) is 0.235. The fourth-order valence-electron chi connectivity index (χ4n) is 17.7. The van der Waals surface area contributed by atoms with Gasteiger partial charge in [0.1, 0.15) is 0 Å².